The molecule has 4 rings (SSSR count). The van der Waals surface area contributed by atoms with Crippen molar-refractivity contribution in [2.24, 2.45) is 0 Å². The highest BCUT2D eigenvalue weighted by atomic mass is 35.5. The minimum Gasteiger partial charge on any atom is -0.486 e. The van der Waals surface area contributed by atoms with Crippen molar-refractivity contribution in [3.63, 3.8) is 0 Å². The van der Waals surface area contributed by atoms with Gasteiger partial charge in [-0.25, -0.2) is 4.98 Å². The molecule has 166 valence electrons. The molecule has 0 spiro atoms. The fourth-order valence-corrected chi connectivity index (χ4v) is 4.67. The minimum absolute atomic E-state index is 0.0421. The molecule has 6 nitrogen and oxygen atoms in total. The number of carbonyl (C=O) groups is 2. The first kappa shape index (κ1) is 22.3. The SMILES string of the molecule is Cc1cccc(C(=O)N2CCCC2)c1NC(=O)c1sc(COc2ccc(Cl)cc2)nc1C. The second-order valence-electron chi connectivity index (χ2n) is 7.72. The Hall–Kier alpha value is -2.90. The van der Waals surface area contributed by atoms with E-state index in [1.165, 1.54) is 11.3 Å². The topological polar surface area (TPSA) is 71.5 Å². The van der Waals surface area contributed by atoms with Gasteiger partial charge in [0.05, 0.1) is 16.9 Å². The highest BCUT2D eigenvalue weighted by Gasteiger charge is 2.24. The number of amides is 2. The largest absolute Gasteiger partial charge is 0.486 e. The number of thiazole rings is 1. The highest BCUT2D eigenvalue weighted by Crippen LogP contribution is 2.27. The van der Waals surface area contributed by atoms with E-state index in [4.69, 9.17) is 16.3 Å². The van der Waals surface area contributed by atoms with Gasteiger partial charge in [0.1, 0.15) is 22.2 Å². The van der Waals surface area contributed by atoms with Crippen LogP contribution in [-0.4, -0.2) is 34.8 Å². The molecule has 1 saturated heterocycles. The Balaban J connectivity index is 1.49. The van der Waals surface area contributed by atoms with E-state index >= 15 is 0 Å². The molecule has 0 saturated carbocycles. The molecule has 1 N–H and O–H groups in total. The number of hydrogen-bond acceptors (Lipinski definition) is 5. The Bertz CT molecular complexity index is 1140. The number of carbonyl (C=O) groups excluding carboxylic acids is 2. The average Bonchev–Trinajstić information content (AvgIpc) is 3.44. The van der Waals surface area contributed by atoms with Gasteiger partial charge in [-0.05, 0) is 62.6 Å². The second kappa shape index (κ2) is 9.71. The summed E-state index contributed by atoms with van der Waals surface area (Å²) >= 11 is 7.18. The molecule has 0 radical (unpaired) electrons. The lowest BCUT2D eigenvalue weighted by Gasteiger charge is -2.19. The van der Waals surface area contributed by atoms with Crippen molar-refractivity contribution < 1.29 is 14.3 Å². The van der Waals surface area contributed by atoms with Crippen LogP contribution < -0.4 is 10.1 Å². The van der Waals surface area contributed by atoms with Crippen LogP contribution in [-0.2, 0) is 6.61 Å². The first-order valence-corrected chi connectivity index (χ1v) is 11.7. The van der Waals surface area contributed by atoms with Gasteiger partial charge in [0.15, 0.2) is 0 Å². The molecule has 0 bridgehead atoms. The van der Waals surface area contributed by atoms with E-state index in [1.54, 1.807) is 37.3 Å². The van der Waals surface area contributed by atoms with Crippen molar-refractivity contribution in [3.8, 4) is 5.75 Å². The van der Waals surface area contributed by atoms with Crippen molar-refractivity contribution >= 4 is 40.4 Å². The molecule has 2 heterocycles. The predicted octanol–water partition coefficient (Wildman–Crippen LogP) is 5.48. The van der Waals surface area contributed by atoms with E-state index in [-0.39, 0.29) is 18.4 Å². The van der Waals surface area contributed by atoms with Crippen LogP contribution in [0.25, 0.3) is 0 Å². The first-order chi connectivity index (χ1) is 15.4. The lowest BCUT2D eigenvalue weighted by Crippen LogP contribution is -2.29. The van der Waals surface area contributed by atoms with E-state index in [2.05, 4.69) is 10.3 Å². The molecule has 1 aromatic heterocycles. The Kier molecular flexibility index (Phi) is 6.77. The van der Waals surface area contributed by atoms with Crippen molar-refractivity contribution in [3.05, 3.63) is 74.2 Å². The van der Waals surface area contributed by atoms with Crippen molar-refractivity contribution in [2.45, 2.75) is 33.3 Å². The summed E-state index contributed by atoms with van der Waals surface area (Å²) in [6.07, 6.45) is 2.03. The van der Waals surface area contributed by atoms with Crippen LogP contribution in [0.2, 0.25) is 5.02 Å². The van der Waals surface area contributed by atoms with Crippen LogP contribution in [0.1, 0.15) is 49.1 Å². The third-order valence-electron chi connectivity index (χ3n) is 5.36. The van der Waals surface area contributed by atoms with Gasteiger partial charge in [-0.3, -0.25) is 9.59 Å². The van der Waals surface area contributed by atoms with E-state index in [1.807, 2.05) is 24.0 Å². The second-order valence-corrected chi connectivity index (χ2v) is 9.24. The maximum absolute atomic E-state index is 13.1. The number of para-hydroxylation sites is 1. The molecular weight excluding hydrogens is 446 g/mol. The summed E-state index contributed by atoms with van der Waals surface area (Å²) in [7, 11) is 0. The van der Waals surface area contributed by atoms with Gasteiger partial charge in [-0.2, -0.15) is 0 Å². The predicted molar refractivity (Wildman–Crippen MR) is 127 cm³/mol. The van der Waals surface area contributed by atoms with E-state index < -0.39 is 0 Å². The Labute approximate surface area is 196 Å². The van der Waals surface area contributed by atoms with Gasteiger partial charge in [0, 0.05) is 18.1 Å². The van der Waals surface area contributed by atoms with Crippen molar-refractivity contribution in [1.29, 1.82) is 0 Å². The van der Waals surface area contributed by atoms with Crippen LogP contribution in [0.3, 0.4) is 0 Å². The molecule has 2 amide bonds. The quantitative estimate of drug-likeness (QED) is 0.518. The van der Waals surface area contributed by atoms with Crippen molar-refractivity contribution in [1.82, 2.24) is 9.88 Å². The smallest absolute Gasteiger partial charge is 0.267 e. The van der Waals surface area contributed by atoms with Gasteiger partial charge in [0.2, 0.25) is 0 Å². The zero-order valence-corrected chi connectivity index (χ0v) is 19.6. The van der Waals surface area contributed by atoms with Gasteiger partial charge in [-0.15, -0.1) is 11.3 Å². The normalized spacial score (nSPS) is 13.3. The number of rotatable bonds is 6. The number of aromatic nitrogens is 1. The number of hydrogen-bond donors (Lipinski definition) is 1. The maximum Gasteiger partial charge on any atom is 0.267 e. The number of nitrogens with one attached hydrogen (secondary N) is 1. The zero-order chi connectivity index (χ0) is 22.7. The Morgan fingerprint density at radius 1 is 1.12 bits per heavy atom. The van der Waals surface area contributed by atoms with Crippen LogP contribution in [0.4, 0.5) is 5.69 Å². The minimum atomic E-state index is -0.275. The number of aryl methyl sites for hydroxylation is 2. The summed E-state index contributed by atoms with van der Waals surface area (Å²) in [6.45, 7) is 5.45. The Morgan fingerprint density at radius 3 is 2.56 bits per heavy atom. The molecule has 32 heavy (non-hydrogen) atoms. The molecule has 2 aromatic carbocycles. The number of nitrogens with zero attached hydrogens (tertiary/aromatic N) is 2. The summed E-state index contributed by atoms with van der Waals surface area (Å²) in [4.78, 5) is 32.9. The average molecular weight is 470 g/mol. The third kappa shape index (κ3) is 4.95. The van der Waals surface area contributed by atoms with Crippen LogP contribution in [0.5, 0.6) is 5.75 Å². The third-order valence-corrected chi connectivity index (χ3v) is 6.74. The number of anilines is 1. The van der Waals surface area contributed by atoms with E-state index in [0.29, 0.717) is 37.6 Å². The standard InChI is InChI=1S/C24H24ClN3O3S/c1-15-6-5-7-19(24(30)28-12-3-4-13-28)21(15)27-23(29)22-16(2)26-20(32-22)14-31-18-10-8-17(25)9-11-18/h5-11H,3-4,12-14H2,1-2H3,(H,27,29). The molecular formula is C24H24ClN3O3S. The van der Waals surface area contributed by atoms with Gasteiger partial charge >= 0.3 is 0 Å². The lowest BCUT2D eigenvalue weighted by atomic mass is 10.1. The summed E-state index contributed by atoms with van der Waals surface area (Å²) < 4.78 is 5.75. The van der Waals surface area contributed by atoms with Crippen molar-refractivity contribution in [2.75, 3.05) is 18.4 Å². The molecule has 8 heteroatoms. The molecule has 1 fully saturated rings. The molecule has 3 aromatic rings. The van der Waals surface area contributed by atoms with Gasteiger partial charge < -0.3 is 15.0 Å². The lowest BCUT2D eigenvalue weighted by molar-refractivity contribution is 0.0793. The fourth-order valence-electron chi connectivity index (χ4n) is 3.67. The summed E-state index contributed by atoms with van der Waals surface area (Å²) in [5.41, 5.74) is 2.55. The first-order valence-electron chi connectivity index (χ1n) is 10.5. The molecule has 0 atom stereocenters. The number of likely N-dealkylation sites (tertiary alicyclic amines) is 1. The molecule has 0 aliphatic carbocycles. The van der Waals surface area contributed by atoms with Crippen LogP contribution >= 0.6 is 22.9 Å². The fraction of sp³-hybridized carbons (Fsp3) is 0.292. The summed E-state index contributed by atoms with van der Waals surface area (Å²) in [5.74, 6) is 0.361. The summed E-state index contributed by atoms with van der Waals surface area (Å²) in [6, 6.07) is 12.6. The monoisotopic (exact) mass is 469 g/mol. The summed E-state index contributed by atoms with van der Waals surface area (Å²) in [5, 5.41) is 4.30. The number of ether oxygens (including phenoxy) is 1. The maximum atomic E-state index is 13.1. The van der Waals surface area contributed by atoms with Gasteiger partial charge in [-0.1, -0.05) is 23.7 Å². The Morgan fingerprint density at radius 2 is 1.84 bits per heavy atom. The van der Waals surface area contributed by atoms with Crippen LogP contribution in [0.15, 0.2) is 42.5 Å². The molecule has 1 aliphatic heterocycles. The van der Waals surface area contributed by atoms with E-state index in [0.717, 1.165) is 31.5 Å². The highest BCUT2D eigenvalue weighted by molar-refractivity contribution is 7.13. The number of halogens is 1. The number of benzene rings is 2. The molecule has 0 unspecified atom stereocenters. The van der Waals surface area contributed by atoms with Gasteiger partial charge in [0.25, 0.3) is 11.8 Å². The van der Waals surface area contributed by atoms with Crippen LogP contribution in [0, 0.1) is 13.8 Å². The zero-order valence-electron chi connectivity index (χ0n) is 18.0. The molecule has 1 aliphatic rings. The van der Waals surface area contributed by atoms with E-state index in [9.17, 15) is 9.59 Å².